The highest BCUT2D eigenvalue weighted by atomic mass is 32.2. The van der Waals surface area contributed by atoms with E-state index >= 15 is 0 Å². The van der Waals surface area contributed by atoms with Crippen molar-refractivity contribution < 1.29 is 23.7 Å². The van der Waals surface area contributed by atoms with Crippen LogP contribution in [0.1, 0.15) is 20.3 Å². The van der Waals surface area contributed by atoms with Crippen molar-refractivity contribution in [2.45, 2.75) is 25.6 Å². The fraction of sp³-hybridized carbons (Fsp3) is 0.632. The van der Waals surface area contributed by atoms with Gasteiger partial charge in [-0.2, -0.15) is 0 Å². The number of rotatable bonds is 16. The number of carbonyl (C=O) groups excluding carboxylic acids is 1. The zero-order chi connectivity index (χ0) is 19.0. The van der Waals surface area contributed by atoms with Crippen molar-refractivity contribution in [3.05, 3.63) is 24.3 Å². The highest BCUT2D eigenvalue weighted by Crippen LogP contribution is 2.18. The Bertz CT molecular complexity index is 483. The van der Waals surface area contributed by atoms with Crippen LogP contribution in [0.25, 0.3) is 0 Å². The Balaban J connectivity index is 1.95. The number of Topliss-reactive ketones (excluding diaryl/α,β-unsaturated/α-hetero) is 1. The van der Waals surface area contributed by atoms with Gasteiger partial charge < -0.3 is 24.3 Å². The Labute approximate surface area is 160 Å². The summed E-state index contributed by atoms with van der Waals surface area (Å²) in [6.45, 7) is 7.01. The topological polar surface area (TPSA) is 66.0 Å². The van der Waals surface area contributed by atoms with Gasteiger partial charge in [0, 0.05) is 12.1 Å². The quantitative estimate of drug-likeness (QED) is 0.346. The third-order valence-corrected chi connectivity index (χ3v) is 4.30. The Morgan fingerprint density at radius 3 is 2.15 bits per heavy atom. The van der Waals surface area contributed by atoms with Crippen molar-refractivity contribution in [3.63, 3.8) is 0 Å². The van der Waals surface area contributed by atoms with Crippen molar-refractivity contribution in [1.29, 1.82) is 0 Å². The number of carbonyl (C=O) groups is 1. The van der Waals surface area contributed by atoms with Gasteiger partial charge in [0.1, 0.15) is 19.0 Å². The molecule has 1 aromatic rings. The lowest BCUT2D eigenvalue weighted by Gasteiger charge is -2.13. The first-order valence-electron chi connectivity index (χ1n) is 8.92. The van der Waals surface area contributed by atoms with Gasteiger partial charge in [0.25, 0.3) is 0 Å². The van der Waals surface area contributed by atoms with Crippen molar-refractivity contribution >= 4 is 23.2 Å². The lowest BCUT2D eigenvalue weighted by atomic mass is 10.3. The van der Waals surface area contributed by atoms with Crippen molar-refractivity contribution in [1.82, 2.24) is 0 Å². The zero-order valence-corrected chi connectivity index (χ0v) is 16.8. The summed E-state index contributed by atoms with van der Waals surface area (Å²) in [5, 5.41) is 3.76. The molecule has 0 aliphatic carbocycles. The van der Waals surface area contributed by atoms with Crippen LogP contribution in [-0.2, 0) is 19.0 Å². The lowest BCUT2D eigenvalue weighted by Crippen LogP contribution is -2.14. The molecule has 0 aliphatic heterocycles. The Morgan fingerprint density at radius 1 is 1.00 bits per heavy atom. The van der Waals surface area contributed by atoms with Crippen LogP contribution in [0.5, 0.6) is 5.75 Å². The molecule has 0 radical (unpaired) electrons. The average Bonchev–Trinajstić information content (AvgIpc) is 2.66. The Kier molecular flexibility index (Phi) is 13.0. The summed E-state index contributed by atoms with van der Waals surface area (Å²) in [7, 11) is 0. The summed E-state index contributed by atoms with van der Waals surface area (Å²) >= 11 is 1.76. The van der Waals surface area contributed by atoms with Gasteiger partial charge in [-0.05, 0) is 37.4 Å². The second-order valence-corrected chi connectivity index (χ2v) is 6.74. The molecule has 0 aromatic heterocycles. The standard InChI is InChI=1S/C19H31NO5S/c1-4-18(21)15-24-12-11-22-9-10-23-13-14-25-19-7-5-17(6-8-19)20-16(2)26-3/h5-8,16,20H,4,9-15H2,1-3H3. The number of hydrogen-bond acceptors (Lipinski definition) is 7. The largest absolute Gasteiger partial charge is 0.491 e. The van der Waals surface area contributed by atoms with E-state index in [0.29, 0.717) is 51.4 Å². The minimum absolute atomic E-state index is 0.105. The molecule has 0 saturated carbocycles. The molecule has 7 heteroatoms. The maximum Gasteiger partial charge on any atom is 0.158 e. The van der Waals surface area contributed by atoms with E-state index in [0.717, 1.165) is 11.4 Å². The van der Waals surface area contributed by atoms with Crippen LogP contribution in [0, 0.1) is 0 Å². The predicted molar refractivity (Wildman–Crippen MR) is 106 cm³/mol. The van der Waals surface area contributed by atoms with Crippen LogP contribution in [0.4, 0.5) is 5.69 Å². The first kappa shape index (κ1) is 22.8. The molecule has 0 heterocycles. The normalized spacial score (nSPS) is 12.0. The molecule has 0 saturated heterocycles. The fourth-order valence-corrected chi connectivity index (χ4v) is 2.14. The summed E-state index contributed by atoms with van der Waals surface area (Å²) in [6.07, 6.45) is 2.58. The number of benzene rings is 1. The van der Waals surface area contributed by atoms with E-state index < -0.39 is 0 Å². The SMILES string of the molecule is CCC(=O)COCCOCCOCCOc1ccc(NC(C)SC)cc1. The molecular formula is C19H31NO5S. The number of ether oxygens (including phenoxy) is 4. The van der Waals surface area contributed by atoms with Crippen LogP contribution in [-0.4, -0.2) is 63.7 Å². The smallest absolute Gasteiger partial charge is 0.158 e. The summed E-state index contributed by atoms with van der Waals surface area (Å²) in [6, 6.07) is 7.91. The number of hydrogen-bond donors (Lipinski definition) is 1. The molecule has 1 aromatic carbocycles. The van der Waals surface area contributed by atoms with Gasteiger partial charge >= 0.3 is 0 Å². The monoisotopic (exact) mass is 385 g/mol. The Hall–Kier alpha value is -1.28. The molecule has 6 nitrogen and oxygen atoms in total. The molecule has 0 fully saturated rings. The van der Waals surface area contributed by atoms with Gasteiger partial charge in [-0.15, -0.1) is 11.8 Å². The summed E-state index contributed by atoms with van der Waals surface area (Å²) in [5.41, 5.74) is 1.08. The summed E-state index contributed by atoms with van der Waals surface area (Å²) < 4.78 is 21.6. The molecule has 1 unspecified atom stereocenters. The average molecular weight is 386 g/mol. The van der Waals surface area contributed by atoms with E-state index in [9.17, 15) is 4.79 Å². The van der Waals surface area contributed by atoms with E-state index in [1.807, 2.05) is 31.2 Å². The number of anilines is 1. The zero-order valence-electron chi connectivity index (χ0n) is 16.0. The van der Waals surface area contributed by atoms with Crippen molar-refractivity contribution in [3.8, 4) is 5.75 Å². The van der Waals surface area contributed by atoms with Crippen molar-refractivity contribution in [2.24, 2.45) is 0 Å². The maximum absolute atomic E-state index is 11.0. The predicted octanol–water partition coefficient (Wildman–Crippen LogP) is 3.22. The van der Waals surface area contributed by atoms with Crippen LogP contribution < -0.4 is 10.1 Å². The number of ketones is 1. The molecule has 1 atom stereocenters. The van der Waals surface area contributed by atoms with E-state index in [2.05, 4.69) is 18.5 Å². The third kappa shape index (κ3) is 11.4. The van der Waals surface area contributed by atoms with Gasteiger partial charge in [-0.1, -0.05) is 6.92 Å². The van der Waals surface area contributed by atoms with Gasteiger partial charge in [0.2, 0.25) is 0 Å². The highest BCUT2D eigenvalue weighted by molar-refractivity contribution is 7.99. The van der Waals surface area contributed by atoms with E-state index in [-0.39, 0.29) is 12.4 Å². The molecule has 0 aliphatic rings. The van der Waals surface area contributed by atoms with E-state index in [4.69, 9.17) is 18.9 Å². The molecule has 0 amide bonds. The lowest BCUT2D eigenvalue weighted by molar-refractivity contribution is -0.123. The van der Waals surface area contributed by atoms with Crippen LogP contribution in [0.3, 0.4) is 0 Å². The van der Waals surface area contributed by atoms with Crippen LogP contribution >= 0.6 is 11.8 Å². The first-order valence-corrected chi connectivity index (χ1v) is 10.2. The minimum Gasteiger partial charge on any atom is -0.491 e. The fourth-order valence-electron chi connectivity index (χ4n) is 1.89. The van der Waals surface area contributed by atoms with Gasteiger partial charge in [-0.3, -0.25) is 4.79 Å². The minimum atomic E-state index is 0.105. The first-order chi connectivity index (χ1) is 12.7. The number of thioether (sulfide) groups is 1. The molecule has 1 N–H and O–H groups in total. The van der Waals surface area contributed by atoms with Gasteiger partial charge in [0.15, 0.2) is 5.78 Å². The molecule has 1 rings (SSSR count). The molecule has 0 bridgehead atoms. The summed E-state index contributed by atoms with van der Waals surface area (Å²) in [5.74, 6) is 0.930. The second-order valence-electron chi connectivity index (χ2n) is 5.56. The molecule has 0 spiro atoms. The van der Waals surface area contributed by atoms with E-state index in [1.165, 1.54) is 0 Å². The van der Waals surface area contributed by atoms with Gasteiger partial charge in [0.05, 0.1) is 38.4 Å². The maximum atomic E-state index is 11.0. The second kappa shape index (κ2) is 14.8. The third-order valence-electron chi connectivity index (χ3n) is 3.48. The molecular weight excluding hydrogens is 354 g/mol. The van der Waals surface area contributed by atoms with Crippen molar-refractivity contribution in [2.75, 3.05) is 57.8 Å². The molecule has 148 valence electrons. The highest BCUT2D eigenvalue weighted by Gasteiger charge is 2.00. The van der Waals surface area contributed by atoms with Crippen LogP contribution in [0.15, 0.2) is 24.3 Å². The van der Waals surface area contributed by atoms with E-state index in [1.54, 1.807) is 11.8 Å². The van der Waals surface area contributed by atoms with Crippen LogP contribution in [0.2, 0.25) is 0 Å². The number of nitrogens with one attached hydrogen (secondary N) is 1. The Morgan fingerprint density at radius 2 is 1.58 bits per heavy atom. The van der Waals surface area contributed by atoms with Gasteiger partial charge in [-0.25, -0.2) is 0 Å². The summed E-state index contributed by atoms with van der Waals surface area (Å²) in [4.78, 5) is 11.0. The molecule has 26 heavy (non-hydrogen) atoms.